The first-order valence-corrected chi connectivity index (χ1v) is 5.09. The number of aromatic nitrogens is 1. The van der Waals surface area contributed by atoms with Crippen LogP contribution in [0.15, 0.2) is 12.3 Å². The molecule has 1 aliphatic heterocycles. The van der Waals surface area contributed by atoms with E-state index in [0.717, 1.165) is 0 Å². The highest BCUT2D eigenvalue weighted by Crippen LogP contribution is 2.21. The number of hydrogen-bond donors (Lipinski definition) is 4. The summed E-state index contributed by atoms with van der Waals surface area (Å²) in [6.45, 7) is 0.483. The van der Waals surface area contributed by atoms with E-state index >= 15 is 0 Å². The molecule has 0 spiro atoms. The predicted molar refractivity (Wildman–Crippen MR) is 60.6 cm³/mol. The van der Waals surface area contributed by atoms with Crippen molar-refractivity contribution in [1.29, 1.82) is 0 Å². The Bertz CT molecular complexity index is 475. The fourth-order valence-electron chi connectivity index (χ4n) is 1.68. The quantitative estimate of drug-likeness (QED) is 0.570. The van der Waals surface area contributed by atoms with Gasteiger partial charge < -0.3 is 21.5 Å². The number of amides is 1. The van der Waals surface area contributed by atoms with Gasteiger partial charge in [-0.2, -0.15) is 0 Å². The average Bonchev–Trinajstić information content (AvgIpc) is 2.67. The van der Waals surface area contributed by atoms with E-state index in [1.807, 2.05) is 0 Å². The van der Waals surface area contributed by atoms with Gasteiger partial charge in [0, 0.05) is 19.2 Å². The summed E-state index contributed by atoms with van der Waals surface area (Å²) in [5, 5.41) is 14.5. The van der Waals surface area contributed by atoms with Crippen molar-refractivity contribution in [3.8, 4) is 0 Å². The molecule has 17 heavy (non-hydrogen) atoms. The summed E-state index contributed by atoms with van der Waals surface area (Å²) in [5.74, 6) is -0.851. The van der Waals surface area contributed by atoms with E-state index in [4.69, 9.17) is 10.8 Å². The fraction of sp³-hybridized carbons (Fsp3) is 0.300. The Kier molecular flexibility index (Phi) is 2.82. The maximum Gasteiger partial charge on any atom is 0.337 e. The molecule has 0 aromatic carbocycles. The molecule has 1 atom stereocenters. The number of carbonyl (C=O) groups excluding carboxylic acids is 1. The minimum atomic E-state index is -1.10. The number of anilines is 2. The lowest BCUT2D eigenvalue weighted by atomic mass is 10.2. The number of nitrogen functional groups attached to an aromatic ring is 1. The summed E-state index contributed by atoms with van der Waals surface area (Å²) in [6.07, 6.45) is 1.70. The molecule has 1 aliphatic rings. The zero-order valence-corrected chi connectivity index (χ0v) is 8.93. The maximum absolute atomic E-state index is 11.0. The summed E-state index contributed by atoms with van der Waals surface area (Å²) in [7, 11) is 0. The molecule has 7 heteroatoms. The van der Waals surface area contributed by atoms with Crippen molar-refractivity contribution in [2.75, 3.05) is 17.6 Å². The molecule has 2 rings (SSSR count). The fourth-order valence-corrected chi connectivity index (χ4v) is 1.68. The molecule has 2 heterocycles. The van der Waals surface area contributed by atoms with E-state index in [0.29, 0.717) is 18.8 Å². The van der Waals surface area contributed by atoms with Gasteiger partial charge in [-0.3, -0.25) is 4.79 Å². The largest absolute Gasteiger partial charge is 0.478 e. The van der Waals surface area contributed by atoms with Crippen LogP contribution in [0.25, 0.3) is 0 Å². The Balaban J connectivity index is 2.18. The molecule has 5 N–H and O–H groups in total. The highest BCUT2D eigenvalue weighted by molar-refractivity contribution is 5.96. The predicted octanol–water partition coefficient (Wildman–Crippen LogP) is -0.338. The topological polar surface area (TPSA) is 117 Å². The first-order valence-electron chi connectivity index (χ1n) is 5.09. The number of nitrogens with one attached hydrogen (secondary N) is 2. The monoisotopic (exact) mass is 236 g/mol. The minimum Gasteiger partial charge on any atom is -0.478 e. The second kappa shape index (κ2) is 4.28. The molecule has 90 valence electrons. The van der Waals surface area contributed by atoms with Crippen LogP contribution in [0.4, 0.5) is 11.5 Å². The second-order valence-corrected chi connectivity index (χ2v) is 3.78. The van der Waals surface area contributed by atoms with E-state index < -0.39 is 5.97 Å². The lowest BCUT2D eigenvalue weighted by Gasteiger charge is -2.13. The highest BCUT2D eigenvalue weighted by atomic mass is 16.4. The summed E-state index contributed by atoms with van der Waals surface area (Å²) in [6, 6.07) is 1.22. The lowest BCUT2D eigenvalue weighted by molar-refractivity contribution is -0.119. The molecule has 1 aromatic rings. The molecule has 1 aromatic heterocycles. The molecule has 0 bridgehead atoms. The van der Waals surface area contributed by atoms with E-state index in [-0.39, 0.29) is 23.2 Å². The number of nitrogens with zero attached hydrogens (tertiary/aromatic N) is 1. The van der Waals surface area contributed by atoms with Gasteiger partial charge in [-0.05, 0) is 6.07 Å². The van der Waals surface area contributed by atoms with E-state index in [2.05, 4.69) is 15.6 Å². The Labute approximate surface area is 97.0 Å². The number of carboxylic acids is 1. The van der Waals surface area contributed by atoms with Crippen molar-refractivity contribution >= 4 is 23.4 Å². The van der Waals surface area contributed by atoms with Crippen molar-refractivity contribution in [2.24, 2.45) is 0 Å². The summed E-state index contributed by atoms with van der Waals surface area (Å²) < 4.78 is 0. The molecule has 1 saturated heterocycles. The van der Waals surface area contributed by atoms with Gasteiger partial charge in [-0.25, -0.2) is 9.78 Å². The zero-order chi connectivity index (χ0) is 12.4. The zero-order valence-electron chi connectivity index (χ0n) is 8.93. The molecular weight excluding hydrogens is 224 g/mol. The SMILES string of the molecule is Nc1c(C(=O)O)ccnc1NC1CNC(=O)C1. The van der Waals surface area contributed by atoms with Crippen LogP contribution in [0.5, 0.6) is 0 Å². The molecule has 0 aliphatic carbocycles. The van der Waals surface area contributed by atoms with E-state index in [1.54, 1.807) is 0 Å². The Hall–Kier alpha value is -2.31. The van der Waals surface area contributed by atoms with Gasteiger partial charge in [0.1, 0.15) is 5.82 Å². The average molecular weight is 236 g/mol. The van der Waals surface area contributed by atoms with Crippen molar-refractivity contribution < 1.29 is 14.7 Å². The van der Waals surface area contributed by atoms with Crippen LogP contribution < -0.4 is 16.4 Å². The normalized spacial score (nSPS) is 18.8. The third-order valence-electron chi connectivity index (χ3n) is 2.54. The van der Waals surface area contributed by atoms with Crippen molar-refractivity contribution in [3.05, 3.63) is 17.8 Å². The Morgan fingerprint density at radius 3 is 3.00 bits per heavy atom. The van der Waals surface area contributed by atoms with Crippen LogP contribution in [0.1, 0.15) is 16.8 Å². The Morgan fingerprint density at radius 1 is 1.65 bits per heavy atom. The first kappa shape index (κ1) is 11.2. The molecule has 1 unspecified atom stereocenters. The van der Waals surface area contributed by atoms with Crippen LogP contribution in [0.3, 0.4) is 0 Å². The molecule has 1 fully saturated rings. The summed E-state index contributed by atoms with van der Waals surface area (Å²) >= 11 is 0. The maximum atomic E-state index is 11.0. The molecule has 0 saturated carbocycles. The number of carbonyl (C=O) groups is 2. The van der Waals surface area contributed by atoms with Crippen LogP contribution in [0.2, 0.25) is 0 Å². The number of rotatable bonds is 3. The Morgan fingerprint density at radius 2 is 2.41 bits per heavy atom. The smallest absolute Gasteiger partial charge is 0.337 e. The summed E-state index contributed by atoms with van der Waals surface area (Å²) in [5.41, 5.74) is 5.77. The standard InChI is InChI=1S/C10H12N4O3/c11-8-6(10(16)17)1-2-12-9(8)14-5-3-7(15)13-4-5/h1-2,5H,3-4,11H2,(H,12,14)(H,13,15)(H,16,17). The van der Waals surface area contributed by atoms with Crippen LogP contribution >= 0.6 is 0 Å². The number of pyridine rings is 1. The van der Waals surface area contributed by atoms with Gasteiger partial charge in [0.15, 0.2) is 0 Å². The lowest BCUT2D eigenvalue weighted by Crippen LogP contribution is -2.24. The van der Waals surface area contributed by atoms with Gasteiger partial charge in [-0.1, -0.05) is 0 Å². The molecule has 0 radical (unpaired) electrons. The molecule has 7 nitrogen and oxygen atoms in total. The van der Waals surface area contributed by atoms with E-state index in [9.17, 15) is 9.59 Å². The molecule has 1 amide bonds. The number of hydrogen-bond acceptors (Lipinski definition) is 5. The summed E-state index contributed by atoms with van der Waals surface area (Å²) in [4.78, 5) is 25.8. The number of aromatic carboxylic acids is 1. The highest BCUT2D eigenvalue weighted by Gasteiger charge is 2.23. The van der Waals surface area contributed by atoms with Gasteiger partial charge in [-0.15, -0.1) is 0 Å². The second-order valence-electron chi connectivity index (χ2n) is 3.78. The van der Waals surface area contributed by atoms with Crippen molar-refractivity contribution in [3.63, 3.8) is 0 Å². The van der Waals surface area contributed by atoms with Crippen molar-refractivity contribution in [1.82, 2.24) is 10.3 Å². The van der Waals surface area contributed by atoms with Crippen LogP contribution in [0, 0.1) is 0 Å². The van der Waals surface area contributed by atoms with E-state index in [1.165, 1.54) is 12.3 Å². The van der Waals surface area contributed by atoms with Crippen LogP contribution in [-0.2, 0) is 4.79 Å². The number of nitrogens with two attached hydrogens (primary N) is 1. The third-order valence-corrected chi connectivity index (χ3v) is 2.54. The first-order chi connectivity index (χ1) is 8.08. The van der Waals surface area contributed by atoms with Gasteiger partial charge in [0.2, 0.25) is 5.91 Å². The third kappa shape index (κ3) is 2.27. The van der Waals surface area contributed by atoms with Gasteiger partial charge in [0.25, 0.3) is 0 Å². The molecular formula is C10H12N4O3. The number of carboxylic acid groups (broad SMARTS) is 1. The van der Waals surface area contributed by atoms with Crippen LogP contribution in [-0.4, -0.2) is 34.6 Å². The van der Waals surface area contributed by atoms with Gasteiger partial charge >= 0.3 is 5.97 Å². The minimum absolute atomic E-state index is 0.000201. The van der Waals surface area contributed by atoms with Crippen molar-refractivity contribution in [2.45, 2.75) is 12.5 Å². The van der Waals surface area contributed by atoms with Gasteiger partial charge in [0.05, 0.1) is 17.3 Å².